The predicted octanol–water partition coefficient (Wildman–Crippen LogP) is 3.32. The van der Waals surface area contributed by atoms with E-state index in [4.69, 9.17) is 0 Å². The van der Waals surface area contributed by atoms with Crippen molar-refractivity contribution < 1.29 is 36.6 Å². The number of carbonyl (C=O) groups excluding carboxylic acids is 3. The Morgan fingerprint density at radius 1 is 1.00 bits per heavy atom. The van der Waals surface area contributed by atoms with Gasteiger partial charge >= 0.3 is 17.1 Å². The molecule has 151 valence electrons. The van der Waals surface area contributed by atoms with E-state index >= 15 is 0 Å². The number of imide groups is 1. The van der Waals surface area contributed by atoms with Crippen LogP contribution in [0.5, 0.6) is 0 Å². The zero-order valence-corrected chi connectivity index (χ0v) is 16.7. The molecule has 0 bridgehead atoms. The third kappa shape index (κ3) is 3.44. The van der Waals surface area contributed by atoms with Crippen molar-refractivity contribution in [3.8, 4) is 0 Å². The maximum Gasteiger partial charge on any atom is 2.00 e. The van der Waals surface area contributed by atoms with Gasteiger partial charge in [-0.3, -0.25) is 19.3 Å². The zero-order chi connectivity index (χ0) is 20.0. The number of benzene rings is 2. The Kier molecular flexibility index (Phi) is 5.80. The molecule has 1 N–H and O–H groups in total. The number of amides is 2. The van der Waals surface area contributed by atoms with Crippen molar-refractivity contribution in [3.05, 3.63) is 64.7 Å². The Morgan fingerprint density at radius 2 is 1.69 bits per heavy atom. The Hall–Kier alpha value is -2.67. The number of hydrogen-bond donors (Lipinski definition) is 1. The Labute approximate surface area is 178 Å². The molecule has 1 aliphatic carbocycles. The first-order valence-corrected chi connectivity index (χ1v) is 9.11. The van der Waals surface area contributed by atoms with Gasteiger partial charge in [0.2, 0.25) is 0 Å². The molecule has 8 heteroatoms. The van der Waals surface area contributed by atoms with Crippen LogP contribution in [-0.4, -0.2) is 40.3 Å². The average Bonchev–Trinajstić information content (AvgIpc) is 3.07. The number of fused-ring (bicyclic) bond motifs is 2. The number of nitrogens with zero attached hydrogens (tertiary/aromatic N) is 3. The Morgan fingerprint density at radius 3 is 2.41 bits per heavy atom. The summed E-state index contributed by atoms with van der Waals surface area (Å²) in [5, 5.41) is 18.6. The van der Waals surface area contributed by atoms with Crippen LogP contribution in [0.1, 0.15) is 56.5 Å². The van der Waals surface area contributed by atoms with E-state index in [1.165, 1.54) is 4.90 Å². The fourth-order valence-corrected chi connectivity index (χ4v) is 3.63. The fourth-order valence-electron chi connectivity index (χ4n) is 3.63. The van der Waals surface area contributed by atoms with E-state index in [2.05, 4.69) is 10.2 Å². The second kappa shape index (κ2) is 7.99. The smallest absolute Gasteiger partial charge is 0.382 e. The third-order valence-corrected chi connectivity index (χ3v) is 4.93. The Bertz CT molecular complexity index is 1030. The zero-order valence-electron chi connectivity index (χ0n) is 15.8. The van der Waals surface area contributed by atoms with E-state index in [0.717, 1.165) is 0 Å². The van der Waals surface area contributed by atoms with Crippen molar-refractivity contribution in [2.24, 2.45) is 16.1 Å². The van der Waals surface area contributed by atoms with Crippen molar-refractivity contribution in [2.45, 2.75) is 26.0 Å². The van der Waals surface area contributed by atoms with Crippen molar-refractivity contribution in [3.63, 3.8) is 0 Å². The van der Waals surface area contributed by atoms with E-state index in [9.17, 15) is 19.5 Å². The maximum absolute atomic E-state index is 12.8. The molecule has 1 aliphatic heterocycles. The van der Waals surface area contributed by atoms with Gasteiger partial charge in [0.05, 0.1) is 16.8 Å². The molecule has 4 rings (SSSR count). The van der Waals surface area contributed by atoms with Crippen LogP contribution < -0.4 is 0 Å². The standard InChI is InChI=1S/C21H19N3O4.Cu/c1-11(2)10-24-20(27)14-8-5-9-15(16(14)21(24)28)22-23-17-12-6-3-4-7-13(12)18(25)19(17)26;/h3-9,11,17,19,26H,10H2,1-2H3;/q;+2. The number of carbonyl (C=O) groups is 3. The SMILES string of the molecule is CC(C)CN1C(=O)c2cccc(N=NC3c4ccccc4C(=O)C3O)c2C1=O.[Cu+2]. The minimum atomic E-state index is -1.31. The van der Waals surface area contributed by atoms with Gasteiger partial charge in [0.1, 0.15) is 12.1 Å². The topological polar surface area (TPSA) is 99.4 Å². The van der Waals surface area contributed by atoms with E-state index in [1.54, 1.807) is 42.5 Å². The van der Waals surface area contributed by atoms with Crippen LogP contribution in [0.25, 0.3) is 0 Å². The summed E-state index contributed by atoms with van der Waals surface area (Å²) in [7, 11) is 0. The summed E-state index contributed by atoms with van der Waals surface area (Å²) >= 11 is 0. The summed E-state index contributed by atoms with van der Waals surface area (Å²) in [5.41, 5.74) is 1.78. The molecule has 7 nitrogen and oxygen atoms in total. The molecular weight excluding hydrogens is 422 g/mol. The van der Waals surface area contributed by atoms with Crippen molar-refractivity contribution in [1.82, 2.24) is 4.90 Å². The summed E-state index contributed by atoms with van der Waals surface area (Å²) in [6.45, 7) is 4.19. The van der Waals surface area contributed by atoms with E-state index in [0.29, 0.717) is 23.2 Å². The van der Waals surface area contributed by atoms with Crippen molar-refractivity contribution >= 4 is 23.3 Å². The third-order valence-electron chi connectivity index (χ3n) is 4.93. The van der Waals surface area contributed by atoms with Gasteiger partial charge in [-0.2, -0.15) is 10.2 Å². The molecule has 2 amide bonds. The summed E-state index contributed by atoms with van der Waals surface area (Å²) < 4.78 is 0. The van der Waals surface area contributed by atoms with Gasteiger partial charge in [-0.1, -0.05) is 44.2 Å². The average molecular weight is 441 g/mol. The molecule has 1 radical (unpaired) electrons. The monoisotopic (exact) mass is 440 g/mol. The van der Waals surface area contributed by atoms with Crippen LogP contribution in [0.4, 0.5) is 5.69 Å². The minimum Gasteiger partial charge on any atom is -0.382 e. The second-order valence-corrected chi connectivity index (χ2v) is 7.37. The molecule has 29 heavy (non-hydrogen) atoms. The van der Waals surface area contributed by atoms with Gasteiger partial charge in [-0.25, -0.2) is 0 Å². The molecule has 2 unspecified atom stereocenters. The number of hydrogen-bond acceptors (Lipinski definition) is 6. The van der Waals surface area contributed by atoms with Crippen LogP contribution in [0, 0.1) is 5.92 Å². The van der Waals surface area contributed by atoms with Gasteiger partial charge in [-0.05, 0) is 23.6 Å². The van der Waals surface area contributed by atoms with Crippen LogP contribution in [0.2, 0.25) is 0 Å². The summed E-state index contributed by atoms with van der Waals surface area (Å²) in [4.78, 5) is 38.7. The number of Topliss-reactive ketones (excluding diaryl/α,β-unsaturated/α-hetero) is 1. The molecule has 0 fully saturated rings. The van der Waals surface area contributed by atoms with Crippen LogP contribution in [0.3, 0.4) is 0 Å². The first kappa shape index (κ1) is 21.0. The molecule has 2 aliphatic rings. The summed E-state index contributed by atoms with van der Waals surface area (Å²) in [6, 6.07) is 10.9. The van der Waals surface area contributed by atoms with Gasteiger partial charge in [0.25, 0.3) is 11.8 Å². The van der Waals surface area contributed by atoms with Crippen molar-refractivity contribution in [1.29, 1.82) is 0 Å². The second-order valence-electron chi connectivity index (χ2n) is 7.37. The molecule has 2 atom stereocenters. The van der Waals surface area contributed by atoms with E-state index < -0.39 is 23.8 Å². The molecule has 0 aromatic heterocycles. The molecular formula is C21H19CuN3O4+2. The van der Waals surface area contributed by atoms with Gasteiger partial charge in [-0.15, -0.1) is 0 Å². The first-order valence-electron chi connectivity index (χ1n) is 9.11. The van der Waals surface area contributed by atoms with Crippen LogP contribution in [-0.2, 0) is 17.1 Å². The molecule has 1 heterocycles. The number of rotatable bonds is 4. The van der Waals surface area contributed by atoms with E-state index in [1.807, 2.05) is 13.8 Å². The largest absolute Gasteiger partial charge is 2.00 e. The number of ketones is 1. The minimum absolute atomic E-state index is 0. The van der Waals surface area contributed by atoms with Gasteiger partial charge < -0.3 is 5.11 Å². The molecule has 0 saturated heterocycles. The quantitative estimate of drug-likeness (QED) is 0.447. The van der Waals surface area contributed by atoms with Gasteiger partial charge in [0, 0.05) is 12.1 Å². The predicted molar refractivity (Wildman–Crippen MR) is 101 cm³/mol. The molecule has 0 saturated carbocycles. The first-order chi connectivity index (χ1) is 13.4. The fraction of sp³-hybridized carbons (Fsp3) is 0.286. The maximum atomic E-state index is 12.8. The van der Waals surface area contributed by atoms with Crippen LogP contribution in [0.15, 0.2) is 52.7 Å². The Balaban J connectivity index is 0.00000240. The van der Waals surface area contributed by atoms with Crippen molar-refractivity contribution in [2.75, 3.05) is 6.54 Å². The number of aliphatic hydroxyl groups excluding tert-OH is 1. The molecule has 2 aromatic rings. The normalized spacial score (nSPS) is 20.4. The van der Waals surface area contributed by atoms with E-state index in [-0.39, 0.29) is 40.1 Å². The summed E-state index contributed by atoms with van der Waals surface area (Å²) in [6.07, 6.45) is -1.31. The summed E-state index contributed by atoms with van der Waals surface area (Å²) in [5.74, 6) is -0.991. The van der Waals surface area contributed by atoms with Gasteiger partial charge in [0.15, 0.2) is 5.78 Å². The molecule has 2 aromatic carbocycles. The van der Waals surface area contributed by atoms with Crippen LogP contribution >= 0.6 is 0 Å². The number of aliphatic hydroxyl groups is 1. The number of azo groups is 1. The molecule has 0 spiro atoms.